The van der Waals surface area contributed by atoms with Crippen LogP contribution in [-0.4, -0.2) is 16.6 Å². The number of rotatable bonds is 3. The molecule has 0 radical (unpaired) electrons. The summed E-state index contributed by atoms with van der Waals surface area (Å²) in [7, 11) is 0. The maximum absolute atomic E-state index is 6.73. The minimum atomic E-state index is -0.497. The molecule has 1 aromatic heterocycles. The molecular weight excluding hydrogens is 286 g/mol. The van der Waals surface area contributed by atoms with Gasteiger partial charge in [0, 0.05) is 11.9 Å². The highest BCUT2D eigenvalue weighted by Gasteiger charge is 2.36. The second-order valence-electron chi connectivity index (χ2n) is 6.68. The van der Waals surface area contributed by atoms with Crippen molar-refractivity contribution in [2.45, 2.75) is 57.7 Å². The van der Waals surface area contributed by atoms with Crippen molar-refractivity contribution in [3.05, 3.63) is 41.9 Å². The molecule has 0 aromatic carbocycles. The molecule has 3 rings (SSSR count). The Morgan fingerprint density at radius 3 is 2.74 bits per heavy atom. The first-order valence-corrected chi connectivity index (χ1v) is 8.64. The molecular formula is C18H27N5. The first-order valence-electron chi connectivity index (χ1n) is 8.64. The molecule has 4 N–H and O–H groups in total. The third-order valence-electron chi connectivity index (χ3n) is 4.76. The van der Waals surface area contributed by atoms with Crippen molar-refractivity contribution in [2.24, 2.45) is 16.6 Å². The molecule has 0 saturated heterocycles. The van der Waals surface area contributed by atoms with E-state index in [1.54, 1.807) is 6.20 Å². The van der Waals surface area contributed by atoms with Gasteiger partial charge in [0.05, 0.1) is 12.2 Å². The van der Waals surface area contributed by atoms with Gasteiger partial charge in [0.25, 0.3) is 0 Å². The monoisotopic (exact) mass is 313 g/mol. The SMILES string of the molecule is CC1=CC(N)(C2CCCCCC2)NC(=NCc2ccccn2)N1. The highest BCUT2D eigenvalue weighted by atomic mass is 15.3. The standard InChI is InChI=1S/C18H27N5/c1-14-12-18(19,15-8-4-2-3-5-9-15)23-17(22-14)21-13-16-10-6-7-11-20-16/h6-7,10-12,15H,2-5,8-9,13,19H2,1H3,(H2,21,22,23). The van der Waals surface area contributed by atoms with E-state index in [-0.39, 0.29) is 0 Å². The second kappa shape index (κ2) is 7.13. The van der Waals surface area contributed by atoms with E-state index in [1.807, 2.05) is 18.2 Å². The van der Waals surface area contributed by atoms with Gasteiger partial charge in [-0.1, -0.05) is 31.7 Å². The molecule has 1 fully saturated rings. The van der Waals surface area contributed by atoms with Crippen LogP contribution in [0.4, 0.5) is 0 Å². The molecule has 2 aliphatic rings. The van der Waals surface area contributed by atoms with Gasteiger partial charge >= 0.3 is 0 Å². The van der Waals surface area contributed by atoms with E-state index in [2.05, 4.69) is 33.6 Å². The number of allylic oxidation sites excluding steroid dienone is 1. The van der Waals surface area contributed by atoms with Crippen LogP contribution >= 0.6 is 0 Å². The molecule has 1 unspecified atom stereocenters. The molecule has 1 saturated carbocycles. The van der Waals surface area contributed by atoms with E-state index in [0.717, 1.165) is 17.4 Å². The molecule has 0 spiro atoms. The number of aliphatic imine (C=N–C) groups is 1. The molecule has 124 valence electrons. The smallest absolute Gasteiger partial charge is 0.197 e. The van der Waals surface area contributed by atoms with Gasteiger partial charge < -0.3 is 16.4 Å². The van der Waals surface area contributed by atoms with Crippen LogP contribution in [-0.2, 0) is 6.54 Å². The highest BCUT2D eigenvalue weighted by molar-refractivity contribution is 5.83. The molecule has 0 bridgehead atoms. The summed E-state index contributed by atoms with van der Waals surface area (Å²) in [5, 5.41) is 6.73. The Kier molecular flexibility index (Phi) is 4.96. The predicted molar refractivity (Wildman–Crippen MR) is 93.5 cm³/mol. The Morgan fingerprint density at radius 2 is 2.04 bits per heavy atom. The number of pyridine rings is 1. The molecule has 1 atom stereocenters. The fraction of sp³-hybridized carbons (Fsp3) is 0.556. The lowest BCUT2D eigenvalue weighted by atomic mass is 9.85. The van der Waals surface area contributed by atoms with Crippen molar-refractivity contribution < 1.29 is 0 Å². The van der Waals surface area contributed by atoms with Crippen LogP contribution in [0.15, 0.2) is 41.2 Å². The maximum atomic E-state index is 6.73. The number of nitrogens with two attached hydrogens (primary N) is 1. The lowest BCUT2D eigenvalue weighted by molar-refractivity contribution is 0.270. The van der Waals surface area contributed by atoms with Gasteiger partial charge in [-0.05, 0) is 43.9 Å². The van der Waals surface area contributed by atoms with E-state index in [0.29, 0.717) is 12.5 Å². The highest BCUT2D eigenvalue weighted by Crippen LogP contribution is 2.31. The lowest BCUT2D eigenvalue weighted by Crippen LogP contribution is -2.64. The summed E-state index contributed by atoms with van der Waals surface area (Å²) in [6.45, 7) is 2.60. The zero-order valence-corrected chi connectivity index (χ0v) is 13.9. The first kappa shape index (κ1) is 16.0. The number of aromatic nitrogens is 1. The molecule has 5 heteroatoms. The van der Waals surface area contributed by atoms with Crippen LogP contribution in [0.1, 0.15) is 51.1 Å². The zero-order valence-electron chi connectivity index (χ0n) is 13.9. The van der Waals surface area contributed by atoms with Gasteiger partial charge in [0.2, 0.25) is 0 Å². The largest absolute Gasteiger partial charge is 0.334 e. The van der Waals surface area contributed by atoms with Gasteiger partial charge in [-0.2, -0.15) is 0 Å². The Bertz CT molecular complexity index is 572. The molecule has 1 aliphatic heterocycles. The summed E-state index contributed by atoms with van der Waals surface area (Å²) < 4.78 is 0. The number of nitrogens with one attached hydrogen (secondary N) is 2. The quantitative estimate of drug-likeness (QED) is 0.750. The van der Waals surface area contributed by atoms with Gasteiger partial charge in [0.1, 0.15) is 5.66 Å². The van der Waals surface area contributed by atoms with Gasteiger partial charge in [0.15, 0.2) is 5.96 Å². The van der Waals surface area contributed by atoms with Crippen molar-refractivity contribution in [1.82, 2.24) is 15.6 Å². The number of nitrogens with zero attached hydrogens (tertiary/aromatic N) is 2. The minimum absolute atomic E-state index is 0.460. The fourth-order valence-electron chi connectivity index (χ4n) is 3.56. The Labute approximate surface area is 138 Å². The van der Waals surface area contributed by atoms with Gasteiger partial charge in [-0.25, -0.2) is 4.99 Å². The third-order valence-corrected chi connectivity index (χ3v) is 4.76. The summed E-state index contributed by atoms with van der Waals surface area (Å²) in [6.07, 6.45) is 11.5. The van der Waals surface area contributed by atoms with Gasteiger partial charge in [-0.15, -0.1) is 0 Å². The molecule has 5 nitrogen and oxygen atoms in total. The molecule has 0 amide bonds. The summed E-state index contributed by atoms with van der Waals surface area (Å²) in [5.74, 6) is 1.21. The molecule has 23 heavy (non-hydrogen) atoms. The average molecular weight is 313 g/mol. The van der Waals surface area contributed by atoms with Crippen LogP contribution in [0.5, 0.6) is 0 Å². The number of hydrogen-bond acceptors (Lipinski definition) is 3. The summed E-state index contributed by atoms with van der Waals surface area (Å²) >= 11 is 0. The molecule has 1 aromatic rings. The van der Waals surface area contributed by atoms with Crippen molar-refractivity contribution in [1.29, 1.82) is 0 Å². The second-order valence-corrected chi connectivity index (χ2v) is 6.68. The fourth-order valence-corrected chi connectivity index (χ4v) is 3.56. The average Bonchev–Trinajstić information content (AvgIpc) is 2.83. The van der Waals surface area contributed by atoms with Crippen LogP contribution in [0.2, 0.25) is 0 Å². The predicted octanol–water partition coefficient (Wildman–Crippen LogP) is 2.66. The Morgan fingerprint density at radius 1 is 1.26 bits per heavy atom. The van der Waals surface area contributed by atoms with Crippen molar-refractivity contribution >= 4 is 5.96 Å². The van der Waals surface area contributed by atoms with E-state index in [9.17, 15) is 0 Å². The third kappa shape index (κ3) is 4.10. The molecule has 2 heterocycles. The van der Waals surface area contributed by atoms with Gasteiger partial charge in [-0.3, -0.25) is 4.98 Å². The van der Waals surface area contributed by atoms with Crippen molar-refractivity contribution in [2.75, 3.05) is 0 Å². The molecule has 1 aliphatic carbocycles. The number of hydrogen-bond donors (Lipinski definition) is 3. The Hall–Kier alpha value is -1.88. The van der Waals surface area contributed by atoms with Crippen molar-refractivity contribution in [3.63, 3.8) is 0 Å². The zero-order chi connectivity index (χ0) is 16.1. The van der Waals surface area contributed by atoms with Crippen LogP contribution < -0.4 is 16.4 Å². The topological polar surface area (TPSA) is 75.3 Å². The van der Waals surface area contributed by atoms with E-state index >= 15 is 0 Å². The minimum Gasteiger partial charge on any atom is -0.334 e. The summed E-state index contributed by atoms with van der Waals surface area (Å²) in [5.41, 5.74) is 8.25. The van der Waals surface area contributed by atoms with E-state index in [4.69, 9.17) is 5.73 Å². The van der Waals surface area contributed by atoms with Crippen molar-refractivity contribution in [3.8, 4) is 0 Å². The van der Waals surface area contributed by atoms with E-state index in [1.165, 1.54) is 38.5 Å². The maximum Gasteiger partial charge on any atom is 0.197 e. The number of guanidine groups is 1. The van der Waals surface area contributed by atoms with Crippen LogP contribution in [0, 0.1) is 5.92 Å². The summed E-state index contributed by atoms with van der Waals surface area (Å²) in [6, 6.07) is 5.88. The first-order chi connectivity index (χ1) is 11.2. The normalized spacial score (nSPS) is 27.7. The van der Waals surface area contributed by atoms with Crippen LogP contribution in [0.25, 0.3) is 0 Å². The van der Waals surface area contributed by atoms with E-state index < -0.39 is 5.66 Å². The Balaban J connectivity index is 1.73. The van der Waals surface area contributed by atoms with Crippen LogP contribution in [0.3, 0.4) is 0 Å². The summed E-state index contributed by atoms with van der Waals surface area (Å²) in [4.78, 5) is 8.94. The lowest BCUT2D eigenvalue weighted by Gasteiger charge is -2.40.